The minimum atomic E-state index is 0.322. The Balaban J connectivity index is 1.69. The van der Waals surface area contributed by atoms with Gasteiger partial charge in [-0.3, -0.25) is 9.89 Å². The molecule has 0 saturated carbocycles. The minimum absolute atomic E-state index is 0.322. The van der Waals surface area contributed by atoms with Crippen molar-refractivity contribution in [2.75, 3.05) is 39.3 Å². The fourth-order valence-corrected chi connectivity index (χ4v) is 3.13. The third kappa shape index (κ3) is 5.83. The number of nitrogens with zero attached hydrogens (tertiary/aromatic N) is 2. The summed E-state index contributed by atoms with van der Waals surface area (Å²) < 4.78 is 5.62. The molecule has 0 amide bonds. The van der Waals surface area contributed by atoms with Gasteiger partial charge in [-0.05, 0) is 46.1 Å². The van der Waals surface area contributed by atoms with E-state index < -0.39 is 0 Å². The molecule has 0 spiro atoms. The first-order valence-electron chi connectivity index (χ1n) is 8.67. The van der Waals surface area contributed by atoms with Crippen molar-refractivity contribution >= 4 is 5.96 Å². The summed E-state index contributed by atoms with van der Waals surface area (Å²) in [7, 11) is 0. The topological polar surface area (TPSA) is 48.9 Å². The Hall–Kier alpha value is -0.810. The largest absolute Gasteiger partial charge is 0.376 e. The van der Waals surface area contributed by atoms with Gasteiger partial charge < -0.3 is 15.4 Å². The Labute approximate surface area is 129 Å². The second-order valence-corrected chi connectivity index (χ2v) is 6.16. The Morgan fingerprint density at radius 1 is 1.24 bits per heavy atom. The predicted molar refractivity (Wildman–Crippen MR) is 87.8 cm³/mol. The molecule has 0 radical (unpaired) electrons. The van der Waals surface area contributed by atoms with E-state index in [1.54, 1.807) is 0 Å². The van der Waals surface area contributed by atoms with E-state index in [9.17, 15) is 0 Å². The van der Waals surface area contributed by atoms with Crippen LogP contribution in [0.15, 0.2) is 4.99 Å². The van der Waals surface area contributed by atoms with Crippen molar-refractivity contribution in [3.05, 3.63) is 0 Å². The highest BCUT2D eigenvalue weighted by atomic mass is 16.5. The second kappa shape index (κ2) is 9.26. The molecule has 0 bridgehead atoms. The van der Waals surface area contributed by atoms with E-state index in [0.717, 1.165) is 51.2 Å². The molecule has 2 aliphatic heterocycles. The summed E-state index contributed by atoms with van der Waals surface area (Å²) in [5.41, 5.74) is 0. The highest BCUT2D eigenvalue weighted by Gasteiger charge is 2.17. The summed E-state index contributed by atoms with van der Waals surface area (Å²) in [6.07, 6.45) is 6.72. The van der Waals surface area contributed by atoms with Crippen LogP contribution in [-0.2, 0) is 4.74 Å². The van der Waals surface area contributed by atoms with Gasteiger partial charge in [0.25, 0.3) is 0 Å². The molecule has 2 unspecified atom stereocenters. The maximum Gasteiger partial charge on any atom is 0.191 e. The van der Waals surface area contributed by atoms with Gasteiger partial charge in [-0.2, -0.15) is 0 Å². The lowest BCUT2D eigenvalue weighted by Crippen LogP contribution is -2.45. The van der Waals surface area contributed by atoms with Gasteiger partial charge in [-0.1, -0.05) is 6.42 Å². The lowest BCUT2D eigenvalue weighted by molar-refractivity contribution is 0.117. The van der Waals surface area contributed by atoms with Crippen molar-refractivity contribution in [1.82, 2.24) is 15.5 Å². The van der Waals surface area contributed by atoms with E-state index in [1.165, 1.54) is 32.2 Å². The molecule has 21 heavy (non-hydrogen) atoms. The number of likely N-dealkylation sites (tertiary alicyclic amines) is 1. The number of piperidine rings is 1. The zero-order valence-corrected chi connectivity index (χ0v) is 13.7. The third-order valence-corrected chi connectivity index (χ3v) is 4.45. The Kier molecular flexibility index (Phi) is 7.30. The van der Waals surface area contributed by atoms with Crippen molar-refractivity contribution < 1.29 is 4.74 Å². The number of hydrogen-bond donors (Lipinski definition) is 2. The van der Waals surface area contributed by atoms with Crippen LogP contribution in [0, 0.1) is 0 Å². The zero-order valence-electron chi connectivity index (χ0n) is 13.7. The molecule has 2 fully saturated rings. The number of hydrogen-bond acceptors (Lipinski definition) is 3. The fourth-order valence-electron chi connectivity index (χ4n) is 3.13. The molecular weight excluding hydrogens is 264 g/mol. The van der Waals surface area contributed by atoms with Crippen LogP contribution in [-0.4, -0.2) is 62.3 Å². The van der Waals surface area contributed by atoms with Crippen molar-refractivity contribution in [3.8, 4) is 0 Å². The molecule has 2 saturated heterocycles. The van der Waals surface area contributed by atoms with Crippen molar-refractivity contribution in [3.63, 3.8) is 0 Å². The van der Waals surface area contributed by atoms with Gasteiger partial charge in [0.15, 0.2) is 5.96 Å². The number of guanidine groups is 1. The molecule has 5 nitrogen and oxygen atoms in total. The number of rotatable bonds is 6. The van der Waals surface area contributed by atoms with E-state index in [4.69, 9.17) is 4.74 Å². The van der Waals surface area contributed by atoms with Gasteiger partial charge >= 0.3 is 0 Å². The molecule has 2 aliphatic rings. The van der Waals surface area contributed by atoms with E-state index in [2.05, 4.69) is 34.4 Å². The number of nitrogens with one attached hydrogen (secondary N) is 2. The normalized spacial score (nSPS) is 27.8. The van der Waals surface area contributed by atoms with Crippen molar-refractivity contribution in [2.45, 2.75) is 58.1 Å². The van der Waals surface area contributed by atoms with Crippen LogP contribution in [0.2, 0.25) is 0 Å². The van der Waals surface area contributed by atoms with E-state index >= 15 is 0 Å². The third-order valence-electron chi connectivity index (χ3n) is 4.45. The monoisotopic (exact) mass is 296 g/mol. The first-order chi connectivity index (χ1) is 10.3. The average Bonchev–Trinajstić information content (AvgIpc) is 3.00. The lowest BCUT2D eigenvalue weighted by Gasteiger charge is -2.33. The molecule has 0 aromatic rings. The van der Waals surface area contributed by atoms with Crippen LogP contribution in [0.1, 0.15) is 46.0 Å². The van der Waals surface area contributed by atoms with Crippen LogP contribution in [0.3, 0.4) is 0 Å². The molecule has 0 aromatic carbocycles. The summed E-state index contributed by atoms with van der Waals surface area (Å²) >= 11 is 0. The maximum atomic E-state index is 5.62. The maximum absolute atomic E-state index is 5.62. The van der Waals surface area contributed by atoms with Crippen LogP contribution in [0.4, 0.5) is 0 Å². The van der Waals surface area contributed by atoms with E-state index in [-0.39, 0.29) is 0 Å². The Morgan fingerprint density at radius 2 is 2.14 bits per heavy atom. The van der Waals surface area contributed by atoms with Gasteiger partial charge in [0.05, 0.1) is 12.6 Å². The highest BCUT2D eigenvalue weighted by molar-refractivity contribution is 5.79. The lowest BCUT2D eigenvalue weighted by atomic mass is 10.0. The van der Waals surface area contributed by atoms with E-state index in [1.807, 2.05) is 0 Å². The molecule has 122 valence electrons. The van der Waals surface area contributed by atoms with Crippen molar-refractivity contribution in [1.29, 1.82) is 0 Å². The molecular formula is C16H32N4O. The molecule has 2 atom stereocenters. The molecule has 2 heterocycles. The smallest absolute Gasteiger partial charge is 0.191 e. The standard InChI is InChI=1S/C16H32N4O/c1-3-17-16(19-13-15-8-6-12-21-15)18-9-11-20-10-5-4-7-14(20)2/h14-15H,3-13H2,1-2H3,(H2,17,18,19). The van der Waals surface area contributed by atoms with Gasteiger partial charge in [-0.15, -0.1) is 0 Å². The van der Waals surface area contributed by atoms with Crippen LogP contribution >= 0.6 is 0 Å². The molecule has 2 rings (SSSR count). The molecule has 0 aliphatic carbocycles. The predicted octanol–water partition coefficient (Wildman–Crippen LogP) is 1.59. The Bertz CT molecular complexity index is 315. The summed E-state index contributed by atoms with van der Waals surface area (Å²) in [6, 6.07) is 0.729. The first-order valence-corrected chi connectivity index (χ1v) is 8.67. The van der Waals surface area contributed by atoms with Gasteiger partial charge in [0, 0.05) is 32.3 Å². The van der Waals surface area contributed by atoms with Crippen LogP contribution < -0.4 is 10.6 Å². The van der Waals surface area contributed by atoms with Crippen LogP contribution in [0.5, 0.6) is 0 Å². The summed E-state index contributed by atoms with van der Waals surface area (Å²) in [6.45, 7) is 10.3. The van der Waals surface area contributed by atoms with Gasteiger partial charge in [0.1, 0.15) is 0 Å². The summed E-state index contributed by atoms with van der Waals surface area (Å²) in [5.74, 6) is 0.928. The van der Waals surface area contributed by atoms with Crippen molar-refractivity contribution in [2.24, 2.45) is 4.99 Å². The number of ether oxygens (including phenoxy) is 1. The fraction of sp³-hybridized carbons (Fsp3) is 0.938. The Morgan fingerprint density at radius 3 is 2.86 bits per heavy atom. The first kappa shape index (κ1) is 16.6. The summed E-state index contributed by atoms with van der Waals surface area (Å²) in [4.78, 5) is 7.23. The molecule has 0 aromatic heterocycles. The SMILES string of the molecule is CCNC(=NCC1CCCO1)NCCN1CCCCC1C. The minimum Gasteiger partial charge on any atom is -0.376 e. The zero-order chi connectivity index (χ0) is 14.9. The van der Waals surface area contributed by atoms with Crippen LogP contribution in [0.25, 0.3) is 0 Å². The average molecular weight is 296 g/mol. The molecule has 5 heteroatoms. The second-order valence-electron chi connectivity index (χ2n) is 6.16. The molecule has 2 N–H and O–H groups in total. The van der Waals surface area contributed by atoms with Gasteiger partial charge in [-0.25, -0.2) is 0 Å². The van der Waals surface area contributed by atoms with Gasteiger partial charge in [0.2, 0.25) is 0 Å². The quantitative estimate of drug-likeness (QED) is 0.577. The summed E-state index contributed by atoms with van der Waals surface area (Å²) in [5, 5.41) is 6.77. The number of aliphatic imine (C=N–C) groups is 1. The highest BCUT2D eigenvalue weighted by Crippen LogP contribution is 2.15. The van der Waals surface area contributed by atoms with E-state index in [0.29, 0.717) is 6.10 Å².